The van der Waals surface area contributed by atoms with Gasteiger partial charge in [0.25, 0.3) is 0 Å². The Hall–Kier alpha value is -1.13. The van der Waals surface area contributed by atoms with Gasteiger partial charge in [-0.2, -0.15) is 0 Å². The molecule has 1 saturated carbocycles. The molecule has 1 aliphatic carbocycles. The van der Waals surface area contributed by atoms with Crippen molar-refractivity contribution < 1.29 is 0 Å². The Kier molecular flexibility index (Phi) is 3.73. The van der Waals surface area contributed by atoms with E-state index in [1.54, 1.807) is 0 Å². The molecule has 22 heavy (non-hydrogen) atoms. The topological polar surface area (TPSA) is 27.3 Å². The molecular weight excluding hydrogens is 290 g/mol. The number of rotatable bonds is 1. The Labute approximate surface area is 139 Å². The summed E-state index contributed by atoms with van der Waals surface area (Å²) in [4.78, 5) is 0. The molecule has 0 radical (unpaired) electrons. The molecule has 1 spiro atoms. The maximum absolute atomic E-state index is 5.64. The largest absolute Gasteiger partial charge is 0.342 e. The molecule has 1 aromatic rings. The fourth-order valence-corrected chi connectivity index (χ4v) is 4.79. The summed E-state index contributed by atoms with van der Waals surface area (Å²) in [6.45, 7) is 11.4. The number of hydrogen-bond acceptors (Lipinski definition) is 2. The fourth-order valence-electron chi connectivity index (χ4n) is 4.45. The van der Waals surface area contributed by atoms with E-state index in [0.29, 0.717) is 11.3 Å². The lowest BCUT2D eigenvalue weighted by atomic mass is 9.68. The molecule has 0 bridgehead atoms. The van der Waals surface area contributed by atoms with E-state index in [1.165, 1.54) is 17.5 Å². The second-order valence-electron chi connectivity index (χ2n) is 8.03. The monoisotopic (exact) mass is 317 g/mol. The van der Waals surface area contributed by atoms with Gasteiger partial charge < -0.3 is 5.32 Å². The summed E-state index contributed by atoms with van der Waals surface area (Å²) in [5.74, 6) is 0.685. The van der Waals surface area contributed by atoms with Crippen molar-refractivity contribution in [1.82, 2.24) is 10.7 Å². The van der Waals surface area contributed by atoms with E-state index in [2.05, 4.69) is 68.6 Å². The second-order valence-corrected chi connectivity index (χ2v) is 8.42. The highest BCUT2D eigenvalue weighted by atomic mass is 32.1. The second kappa shape index (κ2) is 5.20. The summed E-state index contributed by atoms with van der Waals surface area (Å²) in [7, 11) is 0. The zero-order valence-electron chi connectivity index (χ0n) is 14.3. The third-order valence-electron chi connectivity index (χ3n) is 5.07. The summed E-state index contributed by atoms with van der Waals surface area (Å²) in [6.07, 6.45) is 3.47. The van der Waals surface area contributed by atoms with Crippen molar-refractivity contribution in [1.29, 1.82) is 0 Å². The maximum Gasteiger partial charge on any atom is 0.189 e. The maximum atomic E-state index is 5.64. The number of nitrogens with one attached hydrogen (secondary N) is 2. The molecule has 2 aliphatic rings. The van der Waals surface area contributed by atoms with Crippen LogP contribution in [0.4, 0.5) is 5.69 Å². The van der Waals surface area contributed by atoms with Gasteiger partial charge in [0.05, 0.1) is 5.69 Å². The fraction of sp³-hybridized carbons (Fsp3) is 0.611. The van der Waals surface area contributed by atoms with Crippen LogP contribution in [-0.2, 0) is 0 Å². The minimum absolute atomic E-state index is 0.103. The van der Waals surface area contributed by atoms with Crippen molar-refractivity contribution in [3.05, 3.63) is 29.3 Å². The molecule has 0 amide bonds. The van der Waals surface area contributed by atoms with Crippen LogP contribution in [-0.4, -0.2) is 10.8 Å². The Bertz CT molecular complexity index is 610. The minimum Gasteiger partial charge on any atom is -0.342 e. The number of nitrogens with zero attached hydrogens (tertiary/aromatic N) is 1. The number of hydrazine groups is 1. The van der Waals surface area contributed by atoms with Gasteiger partial charge in [-0.15, -0.1) is 0 Å². The summed E-state index contributed by atoms with van der Waals surface area (Å²) in [6, 6.07) is 6.38. The Balaban J connectivity index is 1.91. The van der Waals surface area contributed by atoms with Crippen LogP contribution in [0, 0.1) is 25.2 Å². The quantitative estimate of drug-likeness (QED) is 0.764. The van der Waals surface area contributed by atoms with Gasteiger partial charge in [0.2, 0.25) is 0 Å². The van der Waals surface area contributed by atoms with Crippen LogP contribution in [0.3, 0.4) is 0 Å². The lowest BCUT2D eigenvalue weighted by Gasteiger charge is -2.45. The van der Waals surface area contributed by atoms with E-state index in [9.17, 15) is 0 Å². The third kappa shape index (κ3) is 2.74. The number of aryl methyl sites for hydroxylation is 1. The van der Waals surface area contributed by atoms with Gasteiger partial charge in [-0.3, -0.25) is 0 Å². The number of hydrogen-bond donors (Lipinski definition) is 2. The standard InChI is InChI=1S/C18H27N3S/c1-12-9-17(4,5)11-18(10-12)19-16(22)21(20-18)15-8-6-7-13(2)14(15)3/h6-8,12,20H,9-11H2,1-5H3,(H,19,22). The lowest BCUT2D eigenvalue weighted by molar-refractivity contribution is 0.0828. The number of anilines is 1. The highest BCUT2D eigenvalue weighted by Gasteiger charge is 2.48. The van der Waals surface area contributed by atoms with Gasteiger partial charge in [0.15, 0.2) is 5.11 Å². The van der Waals surface area contributed by atoms with Crippen LogP contribution in [0.25, 0.3) is 0 Å². The van der Waals surface area contributed by atoms with Gasteiger partial charge in [-0.1, -0.05) is 32.9 Å². The van der Waals surface area contributed by atoms with Crippen LogP contribution in [0.2, 0.25) is 0 Å². The molecule has 1 saturated heterocycles. The zero-order valence-corrected chi connectivity index (χ0v) is 15.1. The Morgan fingerprint density at radius 2 is 1.95 bits per heavy atom. The van der Waals surface area contributed by atoms with E-state index in [1.807, 2.05) is 0 Å². The van der Waals surface area contributed by atoms with Gasteiger partial charge in [-0.25, -0.2) is 10.4 Å². The molecule has 2 atom stereocenters. The van der Waals surface area contributed by atoms with Gasteiger partial charge >= 0.3 is 0 Å². The van der Waals surface area contributed by atoms with Gasteiger partial charge in [0, 0.05) is 0 Å². The molecule has 2 N–H and O–H groups in total. The van der Waals surface area contributed by atoms with E-state index >= 15 is 0 Å². The van der Waals surface area contributed by atoms with Crippen molar-refractivity contribution in [3.8, 4) is 0 Å². The minimum atomic E-state index is -0.103. The van der Waals surface area contributed by atoms with Crippen LogP contribution in [0.1, 0.15) is 51.2 Å². The average molecular weight is 318 g/mol. The first-order chi connectivity index (χ1) is 10.2. The normalized spacial score (nSPS) is 30.7. The molecule has 2 fully saturated rings. The molecule has 1 heterocycles. The molecule has 3 rings (SSSR count). The van der Waals surface area contributed by atoms with Crippen molar-refractivity contribution in [3.63, 3.8) is 0 Å². The molecular formula is C18H27N3S. The summed E-state index contributed by atoms with van der Waals surface area (Å²) < 4.78 is 0. The molecule has 1 aliphatic heterocycles. The highest BCUT2D eigenvalue weighted by Crippen LogP contribution is 2.44. The van der Waals surface area contributed by atoms with Crippen LogP contribution in [0.15, 0.2) is 18.2 Å². The Morgan fingerprint density at radius 3 is 2.64 bits per heavy atom. The van der Waals surface area contributed by atoms with Crippen molar-refractivity contribution in [2.24, 2.45) is 11.3 Å². The lowest BCUT2D eigenvalue weighted by Crippen LogP contribution is -2.57. The van der Waals surface area contributed by atoms with E-state index in [-0.39, 0.29) is 5.66 Å². The average Bonchev–Trinajstić information content (AvgIpc) is 2.66. The molecule has 120 valence electrons. The zero-order chi connectivity index (χ0) is 16.1. The highest BCUT2D eigenvalue weighted by molar-refractivity contribution is 7.80. The predicted molar refractivity (Wildman–Crippen MR) is 96.8 cm³/mol. The van der Waals surface area contributed by atoms with Crippen molar-refractivity contribution >= 4 is 23.0 Å². The third-order valence-corrected chi connectivity index (χ3v) is 5.35. The Morgan fingerprint density at radius 1 is 1.23 bits per heavy atom. The number of thiocarbonyl (C=S) groups is 1. The van der Waals surface area contributed by atoms with Crippen LogP contribution in [0.5, 0.6) is 0 Å². The molecule has 4 heteroatoms. The van der Waals surface area contributed by atoms with Gasteiger partial charge in [-0.05, 0) is 73.9 Å². The van der Waals surface area contributed by atoms with E-state index in [0.717, 1.165) is 23.6 Å². The number of benzene rings is 1. The predicted octanol–water partition coefficient (Wildman–Crippen LogP) is 4.05. The first-order valence-electron chi connectivity index (χ1n) is 8.18. The molecule has 0 aromatic heterocycles. The van der Waals surface area contributed by atoms with Crippen LogP contribution < -0.4 is 15.8 Å². The van der Waals surface area contributed by atoms with Crippen molar-refractivity contribution in [2.75, 3.05) is 5.01 Å². The van der Waals surface area contributed by atoms with Crippen LogP contribution >= 0.6 is 12.2 Å². The van der Waals surface area contributed by atoms with Crippen molar-refractivity contribution in [2.45, 2.75) is 59.5 Å². The summed E-state index contributed by atoms with van der Waals surface area (Å²) >= 11 is 5.64. The first-order valence-corrected chi connectivity index (χ1v) is 8.59. The smallest absolute Gasteiger partial charge is 0.189 e. The molecule has 1 aromatic carbocycles. The van der Waals surface area contributed by atoms with E-state index < -0.39 is 0 Å². The van der Waals surface area contributed by atoms with Gasteiger partial charge in [0.1, 0.15) is 5.66 Å². The SMILES string of the molecule is Cc1cccc(N2NC3(CC(C)CC(C)(C)C3)NC2=S)c1C. The van der Waals surface area contributed by atoms with E-state index in [4.69, 9.17) is 12.2 Å². The molecule has 2 unspecified atom stereocenters. The molecule has 3 nitrogen and oxygen atoms in total. The summed E-state index contributed by atoms with van der Waals surface area (Å²) in [5, 5.41) is 6.46. The first kappa shape index (κ1) is 15.8. The summed E-state index contributed by atoms with van der Waals surface area (Å²) in [5.41, 5.74) is 7.66.